The summed E-state index contributed by atoms with van der Waals surface area (Å²) in [6, 6.07) is 4.87. The zero-order chi connectivity index (χ0) is 66.4. The number of pyridine rings is 2. The molecule has 0 saturated carbocycles. The SMILES string of the molecule is C/C=C1\NC(=O)c2cc(SCC)cc(n2)CNC(=O)C[C@@H](/C=C/CCSC(=O)CCCCCCC)OC(=O)[C@H](C(C)C)NC1=O.C/C=C1\NC(=O)c2nc(ccc2SCC)CNC(=O)C[C@@H](/C=C/CCSC(=O)CCCCCCC)OC(=O)[C@H](C(C)C)NC1=O. The van der Waals surface area contributed by atoms with Gasteiger partial charge in [-0.1, -0.05) is 155 Å². The third kappa shape index (κ3) is 30.3. The van der Waals surface area contributed by atoms with Crippen LogP contribution in [0.2, 0.25) is 0 Å². The van der Waals surface area contributed by atoms with Crippen LogP contribution in [0.4, 0.5) is 0 Å². The minimum Gasteiger partial charge on any atom is -0.456 e. The van der Waals surface area contributed by atoms with Gasteiger partial charge in [-0.25, -0.2) is 19.6 Å². The molecule has 4 atom stereocenters. The van der Waals surface area contributed by atoms with Crippen LogP contribution in [0.5, 0.6) is 0 Å². The van der Waals surface area contributed by atoms with Crippen LogP contribution in [0.3, 0.4) is 0 Å². The van der Waals surface area contributed by atoms with E-state index in [0.29, 0.717) is 59.2 Å². The molecule has 496 valence electrons. The number of carbonyl (C=O) groups is 10. The van der Waals surface area contributed by atoms with Crippen molar-refractivity contribution in [2.75, 3.05) is 23.0 Å². The molecule has 24 heteroatoms. The number of carbonyl (C=O) groups excluding carboxylic acids is 10. The number of nitrogens with zero attached hydrogens (tertiary/aromatic N) is 2. The van der Waals surface area contributed by atoms with Gasteiger partial charge in [0, 0.05) is 34.1 Å². The number of hydrogen-bond acceptors (Lipinski definition) is 18. The molecule has 4 bridgehead atoms. The molecule has 2 aromatic rings. The number of hydrogen-bond donors (Lipinski definition) is 6. The van der Waals surface area contributed by atoms with Crippen LogP contribution in [0.15, 0.2) is 81.9 Å². The Hall–Kier alpha value is -6.24. The van der Waals surface area contributed by atoms with Crippen molar-refractivity contribution in [2.24, 2.45) is 11.8 Å². The van der Waals surface area contributed by atoms with Gasteiger partial charge in [-0.3, -0.25) is 38.4 Å². The van der Waals surface area contributed by atoms with Crippen molar-refractivity contribution < 1.29 is 57.4 Å². The van der Waals surface area contributed by atoms with Gasteiger partial charge in [0.05, 0.1) is 37.3 Å². The number of esters is 2. The first-order valence-electron chi connectivity index (χ1n) is 31.6. The molecule has 6 amide bonds. The highest BCUT2D eigenvalue weighted by Crippen LogP contribution is 2.24. The van der Waals surface area contributed by atoms with Gasteiger partial charge in [0.2, 0.25) is 11.8 Å². The zero-order valence-electron chi connectivity index (χ0n) is 54.2. The van der Waals surface area contributed by atoms with Crippen molar-refractivity contribution in [3.8, 4) is 0 Å². The molecule has 90 heavy (non-hydrogen) atoms. The first kappa shape index (κ1) is 78.0. The molecular formula is C66H96N8O12S4. The summed E-state index contributed by atoms with van der Waals surface area (Å²) in [5.41, 5.74) is 1.12. The maximum Gasteiger partial charge on any atom is 0.329 e. The van der Waals surface area contributed by atoms with Gasteiger partial charge >= 0.3 is 11.9 Å². The van der Waals surface area contributed by atoms with Crippen molar-refractivity contribution in [1.29, 1.82) is 0 Å². The lowest BCUT2D eigenvalue weighted by molar-refractivity contribution is -0.153. The van der Waals surface area contributed by atoms with E-state index >= 15 is 0 Å². The summed E-state index contributed by atoms with van der Waals surface area (Å²) in [5.74, 6) is -2.66. The van der Waals surface area contributed by atoms with Gasteiger partial charge < -0.3 is 41.4 Å². The van der Waals surface area contributed by atoms with Crippen LogP contribution in [0.25, 0.3) is 0 Å². The molecule has 4 heterocycles. The van der Waals surface area contributed by atoms with Crippen LogP contribution < -0.4 is 31.9 Å². The van der Waals surface area contributed by atoms with E-state index in [1.54, 1.807) is 90.1 Å². The molecule has 2 aliphatic heterocycles. The Morgan fingerprint density at radius 1 is 0.578 bits per heavy atom. The second kappa shape index (κ2) is 44.3. The predicted molar refractivity (Wildman–Crippen MR) is 359 cm³/mol. The van der Waals surface area contributed by atoms with Gasteiger partial charge in [-0.05, 0) is 99.3 Å². The normalized spacial score (nSPS) is 19.4. The summed E-state index contributed by atoms with van der Waals surface area (Å²) in [5, 5.41) is 16.5. The Kier molecular flexibility index (Phi) is 38.4. The number of fused-ring (bicyclic) bond motifs is 4. The highest BCUT2D eigenvalue weighted by atomic mass is 32.2. The fourth-order valence-corrected chi connectivity index (χ4v) is 11.9. The Balaban J connectivity index is 0.000000470. The Labute approximate surface area is 549 Å². The number of aromatic nitrogens is 2. The number of amides is 6. The van der Waals surface area contributed by atoms with E-state index in [2.05, 4.69) is 55.7 Å². The highest BCUT2D eigenvalue weighted by molar-refractivity contribution is 8.13. The lowest BCUT2D eigenvalue weighted by Crippen LogP contribution is -2.48. The number of ether oxygens (including phenoxy) is 2. The second-order valence-corrected chi connectivity index (χ2v) is 27.0. The minimum atomic E-state index is -1.03. The highest BCUT2D eigenvalue weighted by Gasteiger charge is 2.32. The third-order valence-electron chi connectivity index (χ3n) is 13.8. The molecule has 0 saturated heterocycles. The molecule has 20 nitrogen and oxygen atoms in total. The summed E-state index contributed by atoms with van der Waals surface area (Å²) < 4.78 is 11.5. The van der Waals surface area contributed by atoms with Gasteiger partial charge in [0.1, 0.15) is 47.1 Å². The Bertz CT molecular complexity index is 2840. The quantitative estimate of drug-likeness (QED) is 0.0168. The zero-order valence-corrected chi connectivity index (χ0v) is 57.5. The fourth-order valence-electron chi connectivity index (χ4n) is 8.86. The monoisotopic (exact) mass is 1320 g/mol. The number of thioether (sulfide) groups is 4. The van der Waals surface area contributed by atoms with Crippen molar-refractivity contribution in [3.05, 3.63) is 94.9 Å². The van der Waals surface area contributed by atoms with Crippen LogP contribution >= 0.6 is 47.0 Å². The lowest BCUT2D eigenvalue weighted by atomic mass is 10.0. The molecule has 2 aliphatic rings. The molecule has 6 N–H and O–H groups in total. The van der Waals surface area contributed by atoms with E-state index in [9.17, 15) is 47.9 Å². The van der Waals surface area contributed by atoms with Crippen molar-refractivity contribution in [1.82, 2.24) is 41.9 Å². The third-order valence-corrected chi connectivity index (χ3v) is 17.5. The van der Waals surface area contributed by atoms with Gasteiger partial charge in [-0.15, -0.1) is 23.5 Å². The summed E-state index contributed by atoms with van der Waals surface area (Å²) in [6.45, 7) is 18.6. The van der Waals surface area contributed by atoms with Gasteiger partial charge in [0.25, 0.3) is 23.6 Å². The minimum absolute atomic E-state index is 0.0250. The molecule has 0 unspecified atom stereocenters. The largest absolute Gasteiger partial charge is 0.456 e. The van der Waals surface area contributed by atoms with Crippen LogP contribution in [-0.2, 0) is 60.9 Å². The van der Waals surface area contributed by atoms with E-state index in [0.717, 1.165) is 49.2 Å². The molecule has 0 fully saturated rings. The van der Waals surface area contributed by atoms with E-state index < -0.39 is 59.9 Å². The molecule has 4 rings (SSSR count). The first-order valence-corrected chi connectivity index (χ1v) is 35.5. The first-order chi connectivity index (χ1) is 43.2. The van der Waals surface area contributed by atoms with Crippen molar-refractivity contribution in [3.63, 3.8) is 0 Å². The molecule has 0 spiro atoms. The maximum absolute atomic E-state index is 13.3. The van der Waals surface area contributed by atoms with E-state index in [4.69, 9.17) is 9.47 Å². The predicted octanol–water partition coefficient (Wildman–Crippen LogP) is 10.9. The number of unbranched alkanes of at least 4 members (excludes halogenated alkanes) is 8. The van der Waals surface area contributed by atoms with Crippen LogP contribution in [-0.4, -0.2) is 115 Å². The topological polar surface area (TPSA) is 287 Å². The molecule has 0 radical (unpaired) electrons. The van der Waals surface area contributed by atoms with Crippen LogP contribution in [0.1, 0.15) is 204 Å². The van der Waals surface area contributed by atoms with E-state index in [1.807, 2.05) is 13.8 Å². The van der Waals surface area contributed by atoms with E-state index in [-0.39, 0.29) is 82.6 Å². The molecule has 2 aromatic heterocycles. The molecule has 0 aromatic carbocycles. The number of nitrogens with one attached hydrogen (secondary N) is 6. The van der Waals surface area contributed by atoms with Gasteiger partial charge in [0.15, 0.2) is 10.2 Å². The Morgan fingerprint density at radius 3 is 1.50 bits per heavy atom. The molecule has 0 aliphatic carbocycles. The maximum atomic E-state index is 13.3. The number of allylic oxidation sites excluding steroid dienone is 4. The average Bonchev–Trinajstić information content (AvgIpc) is 1.02. The van der Waals surface area contributed by atoms with E-state index in [1.165, 1.54) is 84.9 Å². The fraction of sp³-hybridized carbons (Fsp3) is 0.576. The van der Waals surface area contributed by atoms with Crippen molar-refractivity contribution in [2.45, 2.75) is 219 Å². The van der Waals surface area contributed by atoms with Crippen LogP contribution in [0, 0.1) is 11.8 Å². The number of rotatable bonds is 26. The Morgan fingerprint density at radius 2 is 1.04 bits per heavy atom. The smallest absolute Gasteiger partial charge is 0.329 e. The number of cyclic esters (lactones) is 2. The standard InChI is InChI=1S/2C33H48N4O6S2/c1-6-9-10-11-12-16-28(39)45-19-14-13-15-24-20-27(38)34-21-23-17-18-26(44-8-3)30(35-23)32(41)36-25(7-2)31(40)37-29(22(4)5)33(42)43-24;1-6-9-10-11-12-16-29(39)45-17-14-13-15-24-19-28(38)34-21-23-18-25(44-8-3)20-27(35-23)32(41)36-26(7-2)31(40)37-30(22(4)5)33(42)43-24/h7,13,15,17-18,22,24,29H,6,8-12,14,16,19-21H2,1-5H3,(H,34,38)(H,36,41)(H,37,40);7,13,15,18,20,22,24,30H,6,8-12,14,16-17,19,21H2,1-5H3,(H,34,38)(H,36,41)(H,37,40)/b15-13+,25-7-;15-13+,26-7-/t24-,29+;24-,30+/m11/s1. The summed E-state index contributed by atoms with van der Waals surface area (Å²) in [7, 11) is 0. The average molecular weight is 1320 g/mol. The lowest BCUT2D eigenvalue weighted by Gasteiger charge is -2.24. The summed E-state index contributed by atoms with van der Waals surface area (Å²) in [4.78, 5) is 140. The summed E-state index contributed by atoms with van der Waals surface area (Å²) >= 11 is 5.54. The molecular weight excluding hydrogens is 1230 g/mol. The van der Waals surface area contributed by atoms with Crippen molar-refractivity contribution >= 4 is 105 Å². The summed E-state index contributed by atoms with van der Waals surface area (Å²) in [6.07, 6.45) is 21.0. The second-order valence-electron chi connectivity index (χ2n) is 22.0. The van der Waals surface area contributed by atoms with Gasteiger partial charge in [-0.2, -0.15) is 0 Å².